The molecule has 4 rings (SSSR count). The molecule has 3 aromatic rings. The molecule has 0 amide bonds. The average molecular weight is 416 g/mol. The monoisotopic (exact) mass is 415 g/mol. The SMILES string of the molecule is CCC1C(SC(C)c2noc(-c3cccc(Cl)c3)n2)=NNN1c1ccnnc1. The lowest BCUT2D eigenvalue weighted by molar-refractivity contribution is 0.423. The molecule has 1 aliphatic heterocycles. The summed E-state index contributed by atoms with van der Waals surface area (Å²) in [6, 6.07) is 9.34. The summed E-state index contributed by atoms with van der Waals surface area (Å²) in [5.74, 6) is 1.06. The van der Waals surface area contributed by atoms with Crippen molar-refractivity contribution >= 4 is 34.1 Å². The highest BCUT2D eigenvalue weighted by molar-refractivity contribution is 8.14. The number of hydrogen-bond donors (Lipinski definition) is 1. The Balaban J connectivity index is 1.47. The fourth-order valence-corrected chi connectivity index (χ4v) is 4.13. The Morgan fingerprint density at radius 3 is 2.96 bits per heavy atom. The van der Waals surface area contributed by atoms with Crippen LogP contribution < -0.4 is 10.5 Å². The number of hydrogen-bond acceptors (Lipinski definition) is 9. The van der Waals surface area contributed by atoms with E-state index in [4.69, 9.17) is 16.1 Å². The van der Waals surface area contributed by atoms with Crippen molar-refractivity contribution in [3.8, 4) is 11.5 Å². The Morgan fingerprint density at radius 1 is 1.32 bits per heavy atom. The van der Waals surface area contributed by atoms with Crippen LogP contribution in [0.5, 0.6) is 0 Å². The van der Waals surface area contributed by atoms with Crippen LogP contribution in [0.25, 0.3) is 11.5 Å². The maximum absolute atomic E-state index is 6.04. The normalized spacial score (nSPS) is 17.3. The number of nitrogens with one attached hydrogen (secondary N) is 1. The van der Waals surface area contributed by atoms with Gasteiger partial charge in [0.05, 0.1) is 23.3 Å². The molecule has 10 heteroatoms. The van der Waals surface area contributed by atoms with Gasteiger partial charge in [0.2, 0.25) is 0 Å². The van der Waals surface area contributed by atoms with Crippen LogP contribution >= 0.6 is 23.4 Å². The highest BCUT2D eigenvalue weighted by Gasteiger charge is 2.31. The molecule has 0 saturated heterocycles. The van der Waals surface area contributed by atoms with E-state index in [-0.39, 0.29) is 11.3 Å². The summed E-state index contributed by atoms with van der Waals surface area (Å²) in [4.78, 5) is 4.53. The average Bonchev–Trinajstić information content (AvgIpc) is 3.36. The van der Waals surface area contributed by atoms with Crippen molar-refractivity contribution in [2.75, 3.05) is 5.01 Å². The molecule has 0 aliphatic carbocycles. The standard InChI is InChI=1S/C18H18ClN7OS/c1-3-15-18(23-25-26(15)14-7-8-20-21-10-14)28-11(2)16-22-17(27-24-16)12-5-4-6-13(19)9-12/h4-11,15,25H,3H2,1-2H3. The first-order valence-electron chi connectivity index (χ1n) is 8.81. The number of nitrogens with zero attached hydrogens (tertiary/aromatic N) is 6. The second kappa shape index (κ2) is 8.15. The maximum atomic E-state index is 6.04. The van der Waals surface area contributed by atoms with Gasteiger partial charge in [-0.2, -0.15) is 20.3 Å². The minimum Gasteiger partial charge on any atom is -0.334 e. The third kappa shape index (κ3) is 3.81. The Morgan fingerprint density at radius 2 is 2.21 bits per heavy atom. The van der Waals surface area contributed by atoms with Gasteiger partial charge in [0.1, 0.15) is 11.1 Å². The van der Waals surface area contributed by atoms with E-state index < -0.39 is 0 Å². The van der Waals surface area contributed by atoms with Crippen molar-refractivity contribution < 1.29 is 4.52 Å². The van der Waals surface area contributed by atoms with E-state index in [2.05, 4.69) is 37.9 Å². The molecule has 2 aromatic heterocycles. The topological polar surface area (TPSA) is 92.3 Å². The maximum Gasteiger partial charge on any atom is 0.258 e. The van der Waals surface area contributed by atoms with E-state index in [1.54, 1.807) is 36.3 Å². The quantitative estimate of drug-likeness (QED) is 0.666. The number of aromatic nitrogens is 4. The molecular formula is C18H18ClN7OS. The molecule has 3 heterocycles. The van der Waals surface area contributed by atoms with Gasteiger partial charge in [-0.05, 0) is 37.6 Å². The summed E-state index contributed by atoms with van der Waals surface area (Å²) in [7, 11) is 0. The van der Waals surface area contributed by atoms with Crippen LogP contribution in [-0.4, -0.2) is 31.4 Å². The van der Waals surface area contributed by atoms with Crippen LogP contribution in [0, 0.1) is 0 Å². The number of thioether (sulfide) groups is 1. The van der Waals surface area contributed by atoms with Gasteiger partial charge >= 0.3 is 0 Å². The van der Waals surface area contributed by atoms with Gasteiger partial charge in [0.25, 0.3) is 5.89 Å². The van der Waals surface area contributed by atoms with Gasteiger partial charge in [0, 0.05) is 10.6 Å². The molecule has 8 nitrogen and oxygen atoms in total. The first-order valence-corrected chi connectivity index (χ1v) is 10.1. The second-order valence-corrected chi connectivity index (χ2v) is 7.97. The van der Waals surface area contributed by atoms with E-state index in [0.717, 1.165) is 22.7 Å². The second-order valence-electron chi connectivity index (χ2n) is 6.17. The van der Waals surface area contributed by atoms with Gasteiger partial charge < -0.3 is 4.52 Å². The Labute approximate surface area is 171 Å². The molecule has 28 heavy (non-hydrogen) atoms. The van der Waals surface area contributed by atoms with Crippen molar-refractivity contribution in [3.63, 3.8) is 0 Å². The van der Waals surface area contributed by atoms with Crippen molar-refractivity contribution in [3.05, 3.63) is 53.6 Å². The Kier molecular flexibility index (Phi) is 5.45. The van der Waals surface area contributed by atoms with Gasteiger partial charge in [-0.3, -0.25) is 5.01 Å². The highest BCUT2D eigenvalue weighted by Crippen LogP contribution is 2.34. The lowest BCUT2D eigenvalue weighted by Crippen LogP contribution is -2.40. The van der Waals surface area contributed by atoms with Gasteiger partial charge in [-0.1, -0.05) is 41.5 Å². The minimum absolute atomic E-state index is 0.0261. The molecule has 0 fully saturated rings. The summed E-state index contributed by atoms with van der Waals surface area (Å²) in [5.41, 5.74) is 4.78. The number of anilines is 1. The molecule has 144 valence electrons. The van der Waals surface area contributed by atoms with E-state index in [0.29, 0.717) is 16.7 Å². The number of hydrazine groups is 1. The zero-order valence-corrected chi connectivity index (χ0v) is 16.9. The van der Waals surface area contributed by atoms with Crippen molar-refractivity contribution in [1.29, 1.82) is 0 Å². The lowest BCUT2D eigenvalue weighted by Gasteiger charge is -2.24. The summed E-state index contributed by atoms with van der Waals surface area (Å²) in [6.45, 7) is 4.15. The molecule has 0 saturated carbocycles. The number of benzene rings is 1. The summed E-state index contributed by atoms with van der Waals surface area (Å²) >= 11 is 7.65. The fourth-order valence-electron chi connectivity index (χ4n) is 2.86. The molecule has 1 N–H and O–H groups in total. The molecular weight excluding hydrogens is 398 g/mol. The van der Waals surface area contributed by atoms with E-state index in [1.165, 1.54) is 0 Å². The van der Waals surface area contributed by atoms with E-state index >= 15 is 0 Å². The summed E-state index contributed by atoms with van der Waals surface area (Å²) < 4.78 is 5.42. The van der Waals surface area contributed by atoms with E-state index in [1.807, 2.05) is 30.1 Å². The first-order chi connectivity index (χ1) is 13.7. The third-order valence-corrected chi connectivity index (χ3v) is 5.68. The van der Waals surface area contributed by atoms with Gasteiger partial charge in [0.15, 0.2) is 5.82 Å². The van der Waals surface area contributed by atoms with Crippen LogP contribution in [0.3, 0.4) is 0 Å². The van der Waals surface area contributed by atoms with Crippen LogP contribution in [0.15, 0.2) is 52.4 Å². The Hall–Kier alpha value is -2.65. The predicted molar refractivity (Wildman–Crippen MR) is 110 cm³/mol. The van der Waals surface area contributed by atoms with Gasteiger partial charge in [-0.15, -0.1) is 0 Å². The summed E-state index contributed by atoms with van der Waals surface area (Å²) in [6.07, 6.45) is 4.25. The fraction of sp³-hybridized carbons (Fsp3) is 0.278. The molecule has 2 unspecified atom stereocenters. The van der Waals surface area contributed by atoms with Gasteiger partial charge in [-0.25, -0.2) is 5.53 Å². The van der Waals surface area contributed by atoms with Crippen LogP contribution in [-0.2, 0) is 0 Å². The van der Waals surface area contributed by atoms with Crippen molar-refractivity contribution in [2.24, 2.45) is 5.10 Å². The molecule has 0 radical (unpaired) electrons. The number of halogens is 1. The molecule has 1 aromatic carbocycles. The Bertz CT molecular complexity index is 981. The zero-order chi connectivity index (χ0) is 19.5. The largest absolute Gasteiger partial charge is 0.334 e. The lowest BCUT2D eigenvalue weighted by atomic mass is 10.2. The summed E-state index contributed by atoms with van der Waals surface area (Å²) in [5, 5.41) is 19.9. The van der Waals surface area contributed by atoms with Crippen molar-refractivity contribution in [2.45, 2.75) is 31.6 Å². The van der Waals surface area contributed by atoms with Crippen LogP contribution in [0.2, 0.25) is 5.02 Å². The molecule has 0 spiro atoms. The highest BCUT2D eigenvalue weighted by atomic mass is 35.5. The molecule has 2 atom stereocenters. The van der Waals surface area contributed by atoms with Crippen LogP contribution in [0.4, 0.5) is 5.69 Å². The zero-order valence-electron chi connectivity index (χ0n) is 15.3. The predicted octanol–water partition coefficient (Wildman–Crippen LogP) is 4.09. The number of hydrazone groups is 1. The third-order valence-electron chi connectivity index (χ3n) is 4.27. The van der Waals surface area contributed by atoms with Crippen molar-refractivity contribution in [1.82, 2.24) is 25.9 Å². The molecule has 0 bridgehead atoms. The van der Waals surface area contributed by atoms with E-state index in [9.17, 15) is 0 Å². The minimum atomic E-state index is -0.0261. The van der Waals surface area contributed by atoms with Crippen LogP contribution in [0.1, 0.15) is 31.3 Å². The molecule has 1 aliphatic rings. The smallest absolute Gasteiger partial charge is 0.258 e. The number of rotatable bonds is 5. The first kappa shape index (κ1) is 18.7.